The van der Waals surface area contributed by atoms with Crippen molar-refractivity contribution in [1.29, 1.82) is 0 Å². The van der Waals surface area contributed by atoms with E-state index >= 15 is 0 Å². The summed E-state index contributed by atoms with van der Waals surface area (Å²) in [5, 5.41) is 1.30. The average Bonchev–Trinajstić information content (AvgIpc) is 2.86. The molecule has 0 aliphatic carbocycles. The number of aryl methyl sites for hydroxylation is 2. The smallest absolute Gasteiger partial charge is 0.153 e. The largest absolute Gasteiger partial charge is 0.350 e. The first-order valence-electron chi connectivity index (χ1n) is 8.98. The van der Waals surface area contributed by atoms with Crippen molar-refractivity contribution >= 4 is 29.1 Å². The van der Waals surface area contributed by atoms with E-state index in [0.717, 1.165) is 31.9 Å². The summed E-state index contributed by atoms with van der Waals surface area (Å²) in [6.07, 6.45) is 5.00. The summed E-state index contributed by atoms with van der Waals surface area (Å²) in [7, 11) is 0. The van der Waals surface area contributed by atoms with Crippen molar-refractivity contribution in [2.45, 2.75) is 40.3 Å². The second-order valence-corrected chi connectivity index (χ2v) is 7.08. The van der Waals surface area contributed by atoms with Crippen molar-refractivity contribution in [3.8, 4) is 0 Å². The number of nitrogens with zero attached hydrogens (tertiary/aromatic N) is 3. The van der Waals surface area contributed by atoms with Crippen LogP contribution in [0, 0.1) is 20.8 Å². The van der Waals surface area contributed by atoms with Gasteiger partial charge < -0.3 is 9.47 Å². The van der Waals surface area contributed by atoms with Crippen LogP contribution in [0.15, 0.2) is 43.1 Å². The van der Waals surface area contributed by atoms with Gasteiger partial charge in [0.25, 0.3) is 0 Å². The van der Waals surface area contributed by atoms with Crippen LogP contribution < -0.4 is 4.90 Å². The van der Waals surface area contributed by atoms with Gasteiger partial charge in [-0.25, -0.2) is 4.98 Å². The zero-order valence-electron chi connectivity index (χ0n) is 15.7. The van der Waals surface area contributed by atoms with Crippen LogP contribution >= 0.6 is 12.4 Å². The SMILES string of the molecule is C=CCn1c(C)c(C)c2ccnc(N3CCc4ccc(C)cc4C3)c21.Cl. The van der Waals surface area contributed by atoms with E-state index in [1.54, 1.807) is 0 Å². The van der Waals surface area contributed by atoms with Crippen molar-refractivity contribution in [3.05, 3.63) is 71.1 Å². The first-order valence-corrected chi connectivity index (χ1v) is 8.98. The lowest BCUT2D eigenvalue weighted by molar-refractivity contribution is 0.718. The van der Waals surface area contributed by atoms with Crippen LogP contribution in [-0.4, -0.2) is 16.1 Å². The van der Waals surface area contributed by atoms with Crippen LogP contribution in [0.2, 0.25) is 0 Å². The van der Waals surface area contributed by atoms with Gasteiger partial charge in [0, 0.05) is 36.9 Å². The lowest BCUT2D eigenvalue weighted by Gasteiger charge is -2.31. The van der Waals surface area contributed by atoms with E-state index in [2.05, 4.69) is 61.1 Å². The molecular weight excluding hydrogens is 342 g/mol. The number of hydrogen-bond acceptors (Lipinski definition) is 2. The molecule has 26 heavy (non-hydrogen) atoms. The predicted molar refractivity (Wildman–Crippen MR) is 113 cm³/mol. The number of benzene rings is 1. The Bertz CT molecular complexity index is 971. The minimum absolute atomic E-state index is 0. The van der Waals surface area contributed by atoms with Gasteiger partial charge in [0.15, 0.2) is 5.82 Å². The average molecular weight is 368 g/mol. The second-order valence-electron chi connectivity index (χ2n) is 7.08. The Hall–Kier alpha value is -2.26. The van der Waals surface area contributed by atoms with Crippen molar-refractivity contribution in [2.24, 2.45) is 0 Å². The molecule has 1 aliphatic rings. The molecule has 136 valence electrons. The third-order valence-electron chi connectivity index (χ3n) is 5.51. The maximum absolute atomic E-state index is 4.79. The fraction of sp³-hybridized carbons (Fsp3) is 0.318. The molecule has 0 fully saturated rings. The molecule has 0 unspecified atom stereocenters. The number of halogens is 1. The van der Waals surface area contributed by atoms with Crippen molar-refractivity contribution in [3.63, 3.8) is 0 Å². The highest BCUT2D eigenvalue weighted by atomic mass is 35.5. The number of anilines is 1. The summed E-state index contributed by atoms with van der Waals surface area (Å²) in [5.41, 5.74) is 8.12. The van der Waals surface area contributed by atoms with E-state index in [9.17, 15) is 0 Å². The van der Waals surface area contributed by atoms with Crippen molar-refractivity contribution in [2.75, 3.05) is 11.4 Å². The second kappa shape index (κ2) is 7.16. The summed E-state index contributed by atoms with van der Waals surface area (Å²) in [6, 6.07) is 8.96. The number of pyridine rings is 1. The number of rotatable bonds is 3. The fourth-order valence-corrected chi connectivity index (χ4v) is 4.03. The number of fused-ring (bicyclic) bond motifs is 2. The number of allylic oxidation sites excluding steroid dienone is 1. The molecule has 0 spiro atoms. The molecule has 1 aromatic carbocycles. The maximum Gasteiger partial charge on any atom is 0.153 e. The molecule has 0 bridgehead atoms. The van der Waals surface area contributed by atoms with E-state index in [4.69, 9.17) is 4.98 Å². The van der Waals surface area contributed by atoms with Gasteiger partial charge in [-0.2, -0.15) is 0 Å². The molecule has 3 heterocycles. The molecule has 0 radical (unpaired) electrons. The topological polar surface area (TPSA) is 21.1 Å². The van der Waals surface area contributed by atoms with E-state index < -0.39 is 0 Å². The highest BCUT2D eigenvalue weighted by Gasteiger charge is 2.22. The van der Waals surface area contributed by atoms with Crippen LogP contribution in [0.5, 0.6) is 0 Å². The highest BCUT2D eigenvalue weighted by molar-refractivity contribution is 5.93. The predicted octanol–water partition coefficient (Wildman–Crippen LogP) is 5.13. The van der Waals surface area contributed by atoms with Gasteiger partial charge in [0.1, 0.15) is 0 Å². The zero-order valence-corrected chi connectivity index (χ0v) is 16.6. The molecule has 0 N–H and O–H groups in total. The van der Waals surface area contributed by atoms with Crippen LogP contribution in [0.25, 0.3) is 10.9 Å². The molecule has 0 saturated carbocycles. The first kappa shape index (κ1) is 18.5. The van der Waals surface area contributed by atoms with Crippen molar-refractivity contribution in [1.82, 2.24) is 9.55 Å². The lowest BCUT2D eigenvalue weighted by Crippen LogP contribution is -2.31. The van der Waals surface area contributed by atoms with E-state index in [1.807, 2.05) is 12.3 Å². The quantitative estimate of drug-likeness (QED) is 0.598. The third kappa shape index (κ3) is 2.90. The molecule has 4 rings (SSSR count). The third-order valence-corrected chi connectivity index (χ3v) is 5.51. The van der Waals surface area contributed by atoms with E-state index in [0.29, 0.717) is 0 Å². The van der Waals surface area contributed by atoms with Gasteiger partial charge in [0.05, 0.1) is 5.52 Å². The van der Waals surface area contributed by atoms with Gasteiger partial charge in [0.2, 0.25) is 0 Å². The Balaban J connectivity index is 0.00000196. The minimum Gasteiger partial charge on any atom is -0.350 e. The minimum atomic E-state index is 0. The molecule has 3 nitrogen and oxygen atoms in total. The van der Waals surface area contributed by atoms with E-state index in [1.165, 1.54) is 38.9 Å². The fourth-order valence-electron chi connectivity index (χ4n) is 4.03. The summed E-state index contributed by atoms with van der Waals surface area (Å²) in [6.45, 7) is 13.3. The Morgan fingerprint density at radius 2 is 1.96 bits per heavy atom. The molecule has 0 atom stereocenters. The Labute approximate surface area is 161 Å². The summed E-state index contributed by atoms with van der Waals surface area (Å²) in [4.78, 5) is 7.23. The maximum atomic E-state index is 4.79. The zero-order chi connectivity index (χ0) is 17.6. The van der Waals surface area contributed by atoms with Crippen LogP contribution in [0.3, 0.4) is 0 Å². The number of hydrogen-bond donors (Lipinski definition) is 0. The molecule has 2 aromatic heterocycles. The number of aromatic nitrogens is 2. The van der Waals surface area contributed by atoms with Crippen LogP contribution in [0.4, 0.5) is 5.82 Å². The van der Waals surface area contributed by atoms with E-state index in [-0.39, 0.29) is 12.4 Å². The van der Waals surface area contributed by atoms with Gasteiger partial charge in [-0.1, -0.05) is 29.8 Å². The standard InChI is InChI=1S/C22H25N3.ClH/c1-5-11-25-17(4)16(3)20-8-10-23-22(21(20)25)24-12-9-18-7-6-15(2)13-19(18)14-24;/h5-8,10,13H,1,9,11-12,14H2,2-4H3;1H. The molecular formula is C22H26ClN3. The van der Waals surface area contributed by atoms with Gasteiger partial charge in [-0.15, -0.1) is 19.0 Å². The summed E-state index contributed by atoms with van der Waals surface area (Å²) < 4.78 is 2.35. The van der Waals surface area contributed by atoms with Crippen LogP contribution in [-0.2, 0) is 19.5 Å². The lowest BCUT2D eigenvalue weighted by atomic mass is 9.97. The van der Waals surface area contributed by atoms with Crippen molar-refractivity contribution < 1.29 is 0 Å². The monoisotopic (exact) mass is 367 g/mol. The molecule has 1 aliphatic heterocycles. The first-order chi connectivity index (χ1) is 12.1. The highest BCUT2D eigenvalue weighted by Crippen LogP contribution is 2.33. The molecule has 4 heteroatoms. The Morgan fingerprint density at radius 3 is 2.73 bits per heavy atom. The molecule has 0 amide bonds. The normalized spacial score (nSPS) is 13.4. The summed E-state index contributed by atoms with van der Waals surface area (Å²) in [5.74, 6) is 1.10. The van der Waals surface area contributed by atoms with Gasteiger partial charge in [-0.05, 0) is 49.9 Å². The Morgan fingerprint density at radius 1 is 1.15 bits per heavy atom. The summed E-state index contributed by atoms with van der Waals surface area (Å²) >= 11 is 0. The van der Waals surface area contributed by atoms with Gasteiger partial charge >= 0.3 is 0 Å². The van der Waals surface area contributed by atoms with Crippen LogP contribution in [0.1, 0.15) is 27.9 Å². The molecule has 0 saturated heterocycles. The van der Waals surface area contributed by atoms with Gasteiger partial charge in [-0.3, -0.25) is 0 Å². The molecule has 3 aromatic rings. The Kier molecular flexibility index (Phi) is 5.10.